The lowest BCUT2D eigenvalue weighted by Gasteiger charge is -2.17. The summed E-state index contributed by atoms with van der Waals surface area (Å²) in [5.41, 5.74) is 7.92. The van der Waals surface area contributed by atoms with E-state index in [-0.39, 0.29) is 5.82 Å². The lowest BCUT2D eigenvalue weighted by Crippen LogP contribution is -2.27. The summed E-state index contributed by atoms with van der Waals surface area (Å²) in [5, 5.41) is 7.31. The van der Waals surface area contributed by atoms with Crippen LogP contribution in [0.4, 0.5) is 10.1 Å². The molecule has 1 aromatic heterocycles. The first-order valence-electron chi connectivity index (χ1n) is 7.48. The van der Waals surface area contributed by atoms with E-state index in [1.165, 1.54) is 10.7 Å². The van der Waals surface area contributed by atoms with E-state index < -0.39 is 11.9 Å². The van der Waals surface area contributed by atoms with Crippen molar-refractivity contribution < 1.29 is 9.18 Å². The maximum absolute atomic E-state index is 14.0. The molecule has 3 N–H and O–H groups in total. The summed E-state index contributed by atoms with van der Waals surface area (Å²) in [7, 11) is 0. The van der Waals surface area contributed by atoms with Crippen LogP contribution in [0.15, 0.2) is 60.8 Å². The van der Waals surface area contributed by atoms with Gasteiger partial charge in [0.05, 0.1) is 17.6 Å². The third-order valence-corrected chi connectivity index (χ3v) is 3.81. The Labute approximate surface area is 138 Å². The van der Waals surface area contributed by atoms with Crippen LogP contribution >= 0.6 is 0 Å². The van der Waals surface area contributed by atoms with Crippen molar-refractivity contribution in [1.82, 2.24) is 9.78 Å². The Hall–Kier alpha value is -3.15. The molecule has 6 heteroatoms. The summed E-state index contributed by atoms with van der Waals surface area (Å²) in [5.74, 6) is -0.871. The molecule has 0 radical (unpaired) electrons. The zero-order valence-corrected chi connectivity index (χ0v) is 13.1. The average Bonchev–Trinajstić information content (AvgIpc) is 2.94. The van der Waals surface area contributed by atoms with Gasteiger partial charge >= 0.3 is 0 Å². The number of para-hydroxylation sites is 1. The van der Waals surface area contributed by atoms with Crippen LogP contribution < -0.4 is 11.1 Å². The molecule has 0 unspecified atom stereocenters. The molecule has 0 fully saturated rings. The number of halogens is 1. The normalized spacial score (nSPS) is 11.9. The van der Waals surface area contributed by atoms with E-state index in [1.54, 1.807) is 31.3 Å². The first-order valence-corrected chi connectivity index (χ1v) is 7.48. The average molecular weight is 324 g/mol. The fraction of sp³-hybridized carbons (Fsp3) is 0.111. The number of carbonyl (C=O) groups excluding carboxylic acids is 1. The summed E-state index contributed by atoms with van der Waals surface area (Å²) >= 11 is 0. The SMILES string of the molecule is Cc1c(N[C@@H](C(N)=O)c2ccccc2)cnn1-c1ccccc1F. The van der Waals surface area contributed by atoms with E-state index in [2.05, 4.69) is 10.4 Å². The molecule has 3 rings (SSSR count). The highest BCUT2D eigenvalue weighted by Crippen LogP contribution is 2.24. The van der Waals surface area contributed by atoms with Gasteiger partial charge < -0.3 is 11.1 Å². The van der Waals surface area contributed by atoms with Crippen molar-refractivity contribution in [2.24, 2.45) is 5.73 Å². The van der Waals surface area contributed by atoms with Gasteiger partial charge in [0.15, 0.2) is 0 Å². The van der Waals surface area contributed by atoms with Crippen LogP contribution in [0.25, 0.3) is 5.69 Å². The number of rotatable bonds is 5. The standard InChI is InChI=1S/C18H17FN4O/c1-12-15(11-21-23(12)16-10-6-5-9-14(16)19)22-17(18(20)24)13-7-3-2-4-8-13/h2-11,17,22H,1H3,(H2,20,24)/t17-/m1/s1. The highest BCUT2D eigenvalue weighted by atomic mass is 19.1. The van der Waals surface area contributed by atoms with Crippen LogP contribution in [0.5, 0.6) is 0 Å². The predicted molar refractivity (Wildman–Crippen MR) is 90.3 cm³/mol. The van der Waals surface area contributed by atoms with E-state index in [0.29, 0.717) is 17.1 Å². The Morgan fingerprint density at radius 3 is 2.50 bits per heavy atom. The second-order valence-electron chi connectivity index (χ2n) is 5.40. The lowest BCUT2D eigenvalue weighted by molar-refractivity contribution is -0.118. The first kappa shape index (κ1) is 15.7. The van der Waals surface area contributed by atoms with Crippen LogP contribution in [-0.4, -0.2) is 15.7 Å². The van der Waals surface area contributed by atoms with Crippen LogP contribution in [0.3, 0.4) is 0 Å². The van der Waals surface area contributed by atoms with Crippen molar-refractivity contribution in [2.45, 2.75) is 13.0 Å². The van der Waals surface area contributed by atoms with Gasteiger partial charge in [-0.15, -0.1) is 0 Å². The van der Waals surface area contributed by atoms with Gasteiger partial charge in [-0.1, -0.05) is 42.5 Å². The summed E-state index contributed by atoms with van der Waals surface area (Å²) < 4.78 is 15.5. The number of hydrogen-bond donors (Lipinski definition) is 2. The molecule has 0 saturated heterocycles. The zero-order chi connectivity index (χ0) is 17.1. The Balaban J connectivity index is 1.94. The van der Waals surface area contributed by atoms with Crippen molar-refractivity contribution in [3.05, 3.63) is 77.9 Å². The van der Waals surface area contributed by atoms with Crippen LogP contribution in [-0.2, 0) is 4.79 Å². The minimum absolute atomic E-state index is 0.346. The summed E-state index contributed by atoms with van der Waals surface area (Å²) in [6.45, 7) is 1.80. The summed E-state index contributed by atoms with van der Waals surface area (Å²) in [6, 6.07) is 14.9. The fourth-order valence-electron chi connectivity index (χ4n) is 2.54. The largest absolute Gasteiger partial charge is 0.368 e. The predicted octanol–water partition coefficient (Wildman–Crippen LogP) is 2.96. The van der Waals surface area contributed by atoms with Gasteiger partial charge in [-0.2, -0.15) is 5.10 Å². The molecule has 5 nitrogen and oxygen atoms in total. The van der Waals surface area contributed by atoms with Gasteiger partial charge in [0.2, 0.25) is 5.91 Å². The fourth-order valence-corrected chi connectivity index (χ4v) is 2.54. The molecule has 0 aliphatic heterocycles. The Bertz CT molecular complexity index is 860. The molecule has 3 aromatic rings. The molecule has 1 heterocycles. The minimum Gasteiger partial charge on any atom is -0.368 e. The number of aromatic nitrogens is 2. The van der Waals surface area contributed by atoms with E-state index in [4.69, 9.17) is 5.73 Å². The molecule has 1 amide bonds. The van der Waals surface area contributed by atoms with Crippen LogP contribution in [0, 0.1) is 12.7 Å². The number of carbonyl (C=O) groups is 1. The van der Waals surface area contributed by atoms with Crippen LogP contribution in [0.1, 0.15) is 17.3 Å². The quantitative estimate of drug-likeness (QED) is 0.758. The van der Waals surface area contributed by atoms with E-state index in [9.17, 15) is 9.18 Å². The molecular formula is C18H17FN4O. The number of nitrogens with two attached hydrogens (primary N) is 1. The Morgan fingerprint density at radius 1 is 1.17 bits per heavy atom. The molecule has 0 aliphatic rings. The number of amides is 1. The second kappa shape index (κ2) is 6.54. The van der Waals surface area contributed by atoms with Gasteiger partial charge in [0, 0.05) is 0 Å². The van der Waals surface area contributed by atoms with Crippen molar-refractivity contribution in [3.63, 3.8) is 0 Å². The first-order chi connectivity index (χ1) is 11.6. The van der Waals surface area contributed by atoms with Gasteiger partial charge in [0.1, 0.15) is 17.5 Å². The Kier molecular flexibility index (Phi) is 4.29. The highest BCUT2D eigenvalue weighted by molar-refractivity contribution is 5.84. The van der Waals surface area contributed by atoms with Crippen molar-refractivity contribution in [3.8, 4) is 5.69 Å². The molecule has 2 aromatic carbocycles. The second-order valence-corrected chi connectivity index (χ2v) is 5.40. The molecule has 0 bridgehead atoms. The van der Waals surface area contributed by atoms with Gasteiger partial charge in [-0.25, -0.2) is 9.07 Å². The number of anilines is 1. The third kappa shape index (κ3) is 2.99. The molecule has 0 saturated carbocycles. The number of primary amides is 1. The highest BCUT2D eigenvalue weighted by Gasteiger charge is 2.20. The summed E-state index contributed by atoms with van der Waals surface area (Å²) in [4.78, 5) is 11.8. The molecular weight excluding hydrogens is 307 g/mol. The maximum atomic E-state index is 14.0. The van der Waals surface area contributed by atoms with Crippen molar-refractivity contribution in [1.29, 1.82) is 0 Å². The summed E-state index contributed by atoms with van der Waals surface area (Å²) in [6.07, 6.45) is 1.56. The molecule has 0 spiro atoms. The van der Waals surface area contributed by atoms with Crippen molar-refractivity contribution >= 4 is 11.6 Å². The molecule has 0 aliphatic carbocycles. The van der Waals surface area contributed by atoms with Crippen LogP contribution in [0.2, 0.25) is 0 Å². The van der Waals surface area contributed by atoms with E-state index in [1.807, 2.05) is 30.3 Å². The smallest absolute Gasteiger partial charge is 0.244 e. The monoisotopic (exact) mass is 324 g/mol. The van der Waals surface area contributed by atoms with Gasteiger partial charge in [-0.05, 0) is 24.6 Å². The number of hydrogen-bond acceptors (Lipinski definition) is 3. The number of benzene rings is 2. The number of nitrogens with one attached hydrogen (secondary N) is 1. The zero-order valence-electron chi connectivity index (χ0n) is 13.1. The van der Waals surface area contributed by atoms with E-state index in [0.717, 1.165) is 5.56 Å². The minimum atomic E-state index is -0.692. The van der Waals surface area contributed by atoms with Crippen molar-refractivity contribution in [2.75, 3.05) is 5.32 Å². The van der Waals surface area contributed by atoms with E-state index >= 15 is 0 Å². The maximum Gasteiger partial charge on any atom is 0.244 e. The molecule has 24 heavy (non-hydrogen) atoms. The third-order valence-electron chi connectivity index (χ3n) is 3.81. The van der Waals surface area contributed by atoms with Gasteiger partial charge in [-0.3, -0.25) is 4.79 Å². The van der Waals surface area contributed by atoms with Gasteiger partial charge in [0.25, 0.3) is 0 Å². The molecule has 1 atom stereocenters. The lowest BCUT2D eigenvalue weighted by atomic mass is 10.1. The topological polar surface area (TPSA) is 72.9 Å². The Morgan fingerprint density at radius 2 is 1.83 bits per heavy atom. The molecule has 122 valence electrons. The number of nitrogens with zero attached hydrogens (tertiary/aromatic N) is 2.